The van der Waals surface area contributed by atoms with Gasteiger partial charge in [0.1, 0.15) is 12.4 Å². The Bertz CT molecular complexity index is 603. The number of hydrogen-bond acceptors (Lipinski definition) is 4. The molecule has 0 bridgehead atoms. The van der Waals surface area contributed by atoms with Crippen molar-refractivity contribution in [3.8, 4) is 24.0 Å². The molecule has 0 aliphatic carbocycles. The van der Waals surface area contributed by atoms with E-state index in [-0.39, 0.29) is 6.61 Å². The maximum absolute atomic E-state index is 5.51. The van der Waals surface area contributed by atoms with Crippen molar-refractivity contribution >= 4 is 0 Å². The van der Waals surface area contributed by atoms with E-state index in [0.29, 0.717) is 12.4 Å². The second kappa shape index (κ2) is 7.93. The minimum atomic E-state index is 0.277. The second-order valence-electron chi connectivity index (χ2n) is 4.41. The number of nitrogens with one attached hydrogen (secondary N) is 1. The summed E-state index contributed by atoms with van der Waals surface area (Å²) in [5.74, 6) is 3.91. The van der Waals surface area contributed by atoms with Crippen molar-refractivity contribution in [3.63, 3.8) is 0 Å². The summed E-state index contributed by atoms with van der Waals surface area (Å²) >= 11 is 0. The Hall–Kier alpha value is -2.51. The van der Waals surface area contributed by atoms with Crippen LogP contribution in [0.3, 0.4) is 0 Å². The van der Waals surface area contributed by atoms with Crippen molar-refractivity contribution < 1.29 is 9.47 Å². The van der Waals surface area contributed by atoms with Gasteiger partial charge in [0.25, 0.3) is 0 Å². The van der Waals surface area contributed by atoms with Crippen LogP contribution in [0.25, 0.3) is 0 Å². The van der Waals surface area contributed by atoms with Gasteiger partial charge in [0, 0.05) is 30.9 Å². The molecule has 0 unspecified atom stereocenters. The van der Waals surface area contributed by atoms with Gasteiger partial charge in [-0.15, -0.1) is 6.42 Å². The molecule has 2 rings (SSSR count). The Balaban J connectivity index is 1.89. The van der Waals surface area contributed by atoms with Crippen LogP contribution in [-0.2, 0) is 13.1 Å². The predicted molar refractivity (Wildman–Crippen MR) is 82.1 cm³/mol. The zero-order chi connectivity index (χ0) is 14.9. The van der Waals surface area contributed by atoms with Gasteiger partial charge < -0.3 is 14.8 Å². The van der Waals surface area contributed by atoms with Crippen LogP contribution in [0.1, 0.15) is 11.1 Å². The molecular formula is C17H18N2O2. The Morgan fingerprint density at radius 1 is 1.19 bits per heavy atom. The van der Waals surface area contributed by atoms with Gasteiger partial charge in [-0.1, -0.05) is 30.2 Å². The number of aromatic nitrogens is 1. The highest BCUT2D eigenvalue weighted by molar-refractivity contribution is 5.33. The maximum atomic E-state index is 5.51. The number of nitrogens with zero attached hydrogens (tertiary/aromatic N) is 1. The van der Waals surface area contributed by atoms with Crippen LogP contribution in [-0.4, -0.2) is 18.7 Å². The van der Waals surface area contributed by atoms with Gasteiger partial charge in [-0.25, -0.2) is 4.98 Å². The van der Waals surface area contributed by atoms with Gasteiger partial charge in [0.15, 0.2) is 0 Å². The fourth-order valence-corrected chi connectivity index (χ4v) is 1.89. The summed E-state index contributed by atoms with van der Waals surface area (Å²) in [4.78, 5) is 4.17. The number of methoxy groups -OCH3 is 1. The first-order chi connectivity index (χ1) is 10.3. The van der Waals surface area contributed by atoms with Gasteiger partial charge in [-0.3, -0.25) is 0 Å². The summed E-state index contributed by atoms with van der Waals surface area (Å²) in [6, 6.07) is 11.7. The topological polar surface area (TPSA) is 43.4 Å². The summed E-state index contributed by atoms with van der Waals surface area (Å²) in [7, 11) is 1.60. The zero-order valence-electron chi connectivity index (χ0n) is 12.0. The van der Waals surface area contributed by atoms with E-state index >= 15 is 0 Å². The molecular weight excluding hydrogens is 264 g/mol. The van der Waals surface area contributed by atoms with E-state index in [1.165, 1.54) is 0 Å². The average molecular weight is 282 g/mol. The largest absolute Gasteiger partial charge is 0.481 e. The molecule has 1 heterocycles. The van der Waals surface area contributed by atoms with Crippen LogP contribution in [0.4, 0.5) is 0 Å². The summed E-state index contributed by atoms with van der Waals surface area (Å²) < 4.78 is 10.5. The van der Waals surface area contributed by atoms with Crippen LogP contribution in [0.2, 0.25) is 0 Å². The Kier molecular flexibility index (Phi) is 5.62. The minimum Gasteiger partial charge on any atom is -0.481 e. The minimum absolute atomic E-state index is 0.277. The maximum Gasteiger partial charge on any atom is 0.212 e. The number of hydrogen-bond donors (Lipinski definition) is 1. The second-order valence-corrected chi connectivity index (χ2v) is 4.41. The molecule has 1 N–H and O–H groups in total. The normalized spacial score (nSPS) is 9.90. The molecule has 0 atom stereocenters. The quantitative estimate of drug-likeness (QED) is 0.792. The van der Waals surface area contributed by atoms with E-state index in [0.717, 1.165) is 23.4 Å². The van der Waals surface area contributed by atoms with E-state index in [1.807, 2.05) is 36.4 Å². The van der Waals surface area contributed by atoms with Crippen molar-refractivity contribution in [3.05, 3.63) is 53.7 Å². The van der Waals surface area contributed by atoms with Crippen molar-refractivity contribution in [2.75, 3.05) is 13.7 Å². The molecule has 1 aromatic heterocycles. The summed E-state index contributed by atoms with van der Waals surface area (Å²) in [5.41, 5.74) is 2.17. The molecule has 0 amide bonds. The molecule has 0 saturated carbocycles. The molecule has 0 aliphatic rings. The number of para-hydroxylation sites is 1. The van der Waals surface area contributed by atoms with Crippen LogP contribution in [0, 0.1) is 12.3 Å². The number of rotatable bonds is 7. The molecule has 0 fully saturated rings. The molecule has 0 spiro atoms. The molecule has 108 valence electrons. The lowest BCUT2D eigenvalue weighted by atomic mass is 10.2. The lowest BCUT2D eigenvalue weighted by Crippen LogP contribution is -2.14. The lowest BCUT2D eigenvalue weighted by Gasteiger charge is -2.10. The molecule has 2 aromatic rings. The molecule has 1 aromatic carbocycles. The van der Waals surface area contributed by atoms with Crippen molar-refractivity contribution in [2.45, 2.75) is 13.1 Å². The number of pyridine rings is 1. The molecule has 21 heavy (non-hydrogen) atoms. The molecule has 4 nitrogen and oxygen atoms in total. The summed E-state index contributed by atoms with van der Waals surface area (Å²) in [5, 5.41) is 3.36. The third kappa shape index (κ3) is 4.51. The number of ether oxygens (including phenoxy) is 2. The average Bonchev–Trinajstić information content (AvgIpc) is 2.54. The van der Waals surface area contributed by atoms with Gasteiger partial charge in [0.2, 0.25) is 5.88 Å². The van der Waals surface area contributed by atoms with Gasteiger partial charge in [-0.2, -0.15) is 0 Å². The smallest absolute Gasteiger partial charge is 0.212 e. The first-order valence-electron chi connectivity index (χ1n) is 6.67. The number of terminal acetylenes is 1. The summed E-state index contributed by atoms with van der Waals surface area (Å²) in [6.07, 6.45) is 7.02. The van der Waals surface area contributed by atoms with Crippen molar-refractivity contribution in [1.29, 1.82) is 0 Å². The van der Waals surface area contributed by atoms with Gasteiger partial charge in [-0.05, 0) is 11.6 Å². The van der Waals surface area contributed by atoms with Crippen molar-refractivity contribution in [1.82, 2.24) is 10.3 Å². The molecule has 0 aliphatic heterocycles. The highest BCUT2D eigenvalue weighted by Gasteiger charge is 2.02. The van der Waals surface area contributed by atoms with Crippen LogP contribution in [0.15, 0.2) is 42.6 Å². The highest BCUT2D eigenvalue weighted by atomic mass is 16.5. The standard InChI is InChI=1S/C17H18N2O2/c1-3-10-21-16-7-5-4-6-15(16)13-18-11-14-8-9-17(20-2)19-12-14/h1,4-9,12,18H,10-11,13H2,2H3. The lowest BCUT2D eigenvalue weighted by molar-refractivity contribution is 0.364. The zero-order valence-corrected chi connectivity index (χ0v) is 12.0. The van der Waals surface area contributed by atoms with E-state index in [2.05, 4.69) is 16.2 Å². The Labute approximate surface area is 125 Å². The van der Waals surface area contributed by atoms with Crippen molar-refractivity contribution in [2.24, 2.45) is 0 Å². The highest BCUT2D eigenvalue weighted by Crippen LogP contribution is 2.17. The fraction of sp³-hybridized carbons (Fsp3) is 0.235. The molecule has 4 heteroatoms. The fourth-order valence-electron chi connectivity index (χ4n) is 1.89. The van der Waals surface area contributed by atoms with E-state index in [1.54, 1.807) is 13.3 Å². The van der Waals surface area contributed by atoms with Crippen LogP contribution < -0.4 is 14.8 Å². The number of benzene rings is 1. The van der Waals surface area contributed by atoms with Gasteiger partial charge in [0.05, 0.1) is 7.11 Å². The Morgan fingerprint density at radius 2 is 2.05 bits per heavy atom. The third-order valence-corrected chi connectivity index (χ3v) is 2.93. The van der Waals surface area contributed by atoms with Crippen LogP contribution in [0.5, 0.6) is 11.6 Å². The molecule has 0 saturated heterocycles. The third-order valence-electron chi connectivity index (χ3n) is 2.93. The predicted octanol–water partition coefficient (Wildman–Crippen LogP) is 2.39. The van der Waals surface area contributed by atoms with E-state index < -0.39 is 0 Å². The SMILES string of the molecule is C#CCOc1ccccc1CNCc1ccc(OC)nc1. The molecule has 0 radical (unpaired) electrons. The van der Waals surface area contributed by atoms with Gasteiger partial charge >= 0.3 is 0 Å². The monoisotopic (exact) mass is 282 g/mol. The Morgan fingerprint density at radius 3 is 2.76 bits per heavy atom. The first-order valence-corrected chi connectivity index (χ1v) is 6.67. The van der Waals surface area contributed by atoms with E-state index in [9.17, 15) is 0 Å². The first kappa shape index (κ1) is 14.9. The van der Waals surface area contributed by atoms with Crippen LogP contribution >= 0.6 is 0 Å². The van der Waals surface area contributed by atoms with E-state index in [4.69, 9.17) is 15.9 Å². The summed E-state index contributed by atoms with van der Waals surface area (Å²) in [6.45, 7) is 1.70.